The largest absolute Gasteiger partial charge is 0.385 e. The van der Waals surface area contributed by atoms with Crippen molar-refractivity contribution >= 4 is 17.3 Å². The van der Waals surface area contributed by atoms with Gasteiger partial charge in [0.15, 0.2) is 0 Å². The van der Waals surface area contributed by atoms with Gasteiger partial charge in [0, 0.05) is 24.4 Å². The van der Waals surface area contributed by atoms with Crippen LogP contribution in [0.1, 0.15) is 30.9 Å². The molecule has 2 aliphatic rings. The average Bonchev–Trinajstić information content (AvgIpc) is 2.39. The fraction of sp³-hybridized carbons (Fsp3) is 0.400. The number of allylic oxidation sites excluding steroid dienone is 1. The van der Waals surface area contributed by atoms with Crippen molar-refractivity contribution < 1.29 is 4.79 Å². The lowest BCUT2D eigenvalue weighted by Crippen LogP contribution is -2.24. The maximum Gasteiger partial charge on any atom is 0.224 e. The molecule has 1 atom stereocenters. The molecule has 3 heteroatoms. The molecule has 18 heavy (non-hydrogen) atoms. The maximum absolute atomic E-state index is 11.3. The van der Waals surface area contributed by atoms with Gasteiger partial charge in [-0.15, -0.1) is 0 Å². The van der Waals surface area contributed by atoms with Crippen LogP contribution in [-0.2, 0) is 11.2 Å². The molecular weight excluding hydrogens is 224 g/mol. The molecule has 3 nitrogen and oxygen atoms in total. The molecule has 2 aliphatic heterocycles. The number of amides is 1. The van der Waals surface area contributed by atoms with Crippen LogP contribution < -0.4 is 10.6 Å². The quantitative estimate of drug-likeness (QED) is 0.794. The first-order valence-corrected chi connectivity index (χ1v) is 6.59. The van der Waals surface area contributed by atoms with Crippen molar-refractivity contribution in [3.8, 4) is 0 Å². The second-order valence-corrected chi connectivity index (χ2v) is 5.26. The second kappa shape index (κ2) is 4.48. The minimum Gasteiger partial charge on any atom is -0.385 e. The van der Waals surface area contributed by atoms with Gasteiger partial charge in [0.25, 0.3) is 0 Å². The van der Waals surface area contributed by atoms with Gasteiger partial charge < -0.3 is 10.6 Å². The van der Waals surface area contributed by atoms with Gasteiger partial charge in [0.05, 0.1) is 0 Å². The van der Waals surface area contributed by atoms with Crippen LogP contribution >= 0.6 is 0 Å². The van der Waals surface area contributed by atoms with Gasteiger partial charge in [0.2, 0.25) is 5.91 Å². The zero-order valence-corrected chi connectivity index (χ0v) is 10.6. The number of carbonyl (C=O) groups is 1. The lowest BCUT2D eigenvalue weighted by molar-refractivity contribution is -0.116. The number of aryl methyl sites for hydroxylation is 1. The fourth-order valence-corrected chi connectivity index (χ4v) is 2.53. The Kier molecular flexibility index (Phi) is 2.82. The predicted molar refractivity (Wildman–Crippen MR) is 73.2 cm³/mol. The number of nitrogens with one attached hydrogen (secondary N) is 2. The number of benzene rings is 1. The zero-order valence-electron chi connectivity index (χ0n) is 10.6. The Labute approximate surface area is 107 Å². The van der Waals surface area contributed by atoms with E-state index in [-0.39, 0.29) is 5.91 Å². The highest BCUT2D eigenvalue weighted by atomic mass is 16.1. The summed E-state index contributed by atoms with van der Waals surface area (Å²) in [4.78, 5) is 11.3. The van der Waals surface area contributed by atoms with Crippen molar-refractivity contribution in [3.63, 3.8) is 0 Å². The van der Waals surface area contributed by atoms with Crippen molar-refractivity contribution in [2.75, 3.05) is 11.9 Å². The molecule has 0 radical (unpaired) electrons. The van der Waals surface area contributed by atoms with Crippen LogP contribution in [0.15, 0.2) is 24.3 Å². The summed E-state index contributed by atoms with van der Waals surface area (Å²) in [6.07, 6.45) is 4.85. The van der Waals surface area contributed by atoms with Crippen molar-refractivity contribution in [3.05, 3.63) is 35.4 Å². The standard InChI is InChI=1S/C15H18N2O/c1-10-2-5-13(16-9-10)11-3-6-14-12(8-11)4-7-15(18)17-14/h3,5-6,8,10,16H,2,4,7,9H2,1H3,(H,17,18). The third kappa shape index (κ3) is 2.13. The molecule has 3 rings (SSSR count). The van der Waals surface area contributed by atoms with Crippen molar-refractivity contribution in [2.45, 2.75) is 26.2 Å². The van der Waals surface area contributed by atoms with Gasteiger partial charge in [0.1, 0.15) is 0 Å². The van der Waals surface area contributed by atoms with Crippen LogP contribution in [0.2, 0.25) is 0 Å². The summed E-state index contributed by atoms with van der Waals surface area (Å²) < 4.78 is 0. The van der Waals surface area contributed by atoms with Crippen LogP contribution in [-0.4, -0.2) is 12.5 Å². The number of anilines is 1. The third-order valence-electron chi connectivity index (χ3n) is 3.68. The van der Waals surface area contributed by atoms with Crippen molar-refractivity contribution in [1.82, 2.24) is 5.32 Å². The lowest BCUT2D eigenvalue weighted by Gasteiger charge is -2.23. The van der Waals surface area contributed by atoms with E-state index >= 15 is 0 Å². The van der Waals surface area contributed by atoms with E-state index in [1.54, 1.807) is 0 Å². The van der Waals surface area contributed by atoms with E-state index < -0.39 is 0 Å². The minimum absolute atomic E-state index is 0.124. The minimum atomic E-state index is 0.124. The number of hydrogen-bond acceptors (Lipinski definition) is 2. The van der Waals surface area contributed by atoms with E-state index in [1.165, 1.54) is 16.8 Å². The summed E-state index contributed by atoms with van der Waals surface area (Å²) in [6, 6.07) is 6.30. The molecule has 94 valence electrons. The topological polar surface area (TPSA) is 41.1 Å². The fourth-order valence-electron chi connectivity index (χ4n) is 2.53. The van der Waals surface area contributed by atoms with E-state index in [9.17, 15) is 4.79 Å². The first kappa shape index (κ1) is 11.3. The van der Waals surface area contributed by atoms with Gasteiger partial charge >= 0.3 is 0 Å². The third-order valence-corrected chi connectivity index (χ3v) is 3.68. The highest BCUT2D eigenvalue weighted by molar-refractivity contribution is 5.94. The Morgan fingerprint density at radius 2 is 2.17 bits per heavy atom. The normalized spacial score (nSPS) is 22.6. The van der Waals surface area contributed by atoms with Crippen molar-refractivity contribution in [1.29, 1.82) is 0 Å². The summed E-state index contributed by atoms with van der Waals surface area (Å²) in [5.41, 5.74) is 4.68. The van der Waals surface area contributed by atoms with Crippen LogP contribution in [0.25, 0.3) is 5.70 Å². The van der Waals surface area contributed by atoms with Gasteiger partial charge in [-0.2, -0.15) is 0 Å². The van der Waals surface area contributed by atoms with Gasteiger partial charge in [-0.3, -0.25) is 4.79 Å². The molecule has 2 N–H and O–H groups in total. The van der Waals surface area contributed by atoms with Crippen LogP contribution in [0.5, 0.6) is 0 Å². The van der Waals surface area contributed by atoms with Crippen LogP contribution in [0, 0.1) is 5.92 Å². The SMILES string of the molecule is CC1CC=C(c2ccc3c(c2)CCC(=O)N3)NC1. The van der Waals surface area contributed by atoms with Crippen LogP contribution in [0.4, 0.5) is 5.69 Å². The highest BCUT2D eigenvalue weighted by Gasteiger charge is 2.16. The zero-order chi connectivity index (χ0) is 12.5. The lowest BCUT2D eigenvalue weighted by atomic mass is 9.96. The number of carbonyl (C=O) groups excluding carboxylic acids is 1. The highest BCUT2D eigenvalue weighted by Crippen LogP contribution is 2.27. The van der Waals surface area contributed by atoms with Gasteiger partial charge in [-0.1, -0.05) is 19.1 Å². The Hall–Kier alpha value is -1.77. The molecule has 0 aromatic heterocycles. The number of rotatable bonds is 1. The van der Waals surface area contributed by atoms with Crippen molar-refractivity contribution in [2.24, 2.45) is 5.92 Å². The molecule has 0 saturated heterocycles. The average molecular weight is 242 g/mol. The van der Waals surface area contributed by atoms with Gasteiger partial charge in [-0.25, -0.2) is 0 Å². The monoisotopic (exact) mass is 242 g/mol. The smallest absolute Gasteiger partial charge is 0.224 e. The molecule has 0 spiro atoms. The molecule has 1 amide bonds. The van der Waals surface area contributed by atoms with Gasteiger partial charge in [-0.05, 0) is 42.0 Å². The molecule has 1 aromatic rings. The molecule has 1 aromatic carbocycles. The second-order valence-electron chi connectivity index (χ2n) is 5.26. The first-order valence-electron chi connectivity index (χ1n) is 6.59. The summed E-state index contributed by atoms with van der Waals surface area (Å²) in [5.74, 6) is 0.838. The Bertz CT molecular complexity index is 519. The van der Waals surface area contributed by atoms with E-state index in [1.807, 2.05) is 6.07 Å². The van der Waals surface area contributed by atoms with Crippen LogP contribution in [0.3, 0.4) is 0 Å². The molecule has 0 saturated carbocycles. The first-order chi connectivity index (χ1) is 8.72. The summed E-state index contributed by atoms with van der Waals surface area (Å²) in [5, 5.41) is 6.39. The molecular formula is C15H18N2O. The summed E-state index contributed by atoms with van der Waals surface area (Å²) in [7, 11) is 0. The van der Waals surface area contributed by atoms with E-state index in [0.29, 0.717) is 12.3 Å². The Balaban J connectivity index is 1.88. The molecule has 0 aliphatic carbocycles. The Morgan fingerprint density at radius 3 is 2.94 bits per heavy atom. The number of fused-ring (bicyclic) bond motifs is 1. The predicted octanol–water partition coefficient (Wildman–Crippen LogP) is 2.54. The Morgan fingerprint density at radius 1 is 1.28 bits per heavy atom. The maximum atomic E-state index is 11.3. The molecule has 2 heterocycles. The molecule has 0 fully saturated rings. The van der Waals surface area contributed by atoms with E-state index in [4.69, 9.17) is 0 Å². The molecule has 0 bridgehead atoms. The summed E-state index contributed by atoms with van der Waals surface area (Å²) >= 11 is 0. The van der Waals surface area contributed by atoms with E-state index in [2.05, 4.69) is 35.8 Å². The van der Waals surface area contributed by atoms with E-state index in [0.717, 1.165) is 25.1 Å². The molecule has 1 unspecified atom stereocenters. The summed E-state index contributed by atoms with van der Waals surface area (Å²) in [6.45, 7) is 3.29. The number of hydrogen-bond donors (Lipinski definition) is 2.